The molecule has 190 valence electrons. The van der Waals surface area contributed by atoms with Crippen LogP contribution in [0, 0.1) is 0 Å². The Morgan fingerprint density at radius 2 is 2.00 bits per heavy atom. The molecule has 0 unspecified atom stereocenters. The normalized spacial score (nSPS) is 16.4. The first kappa shape index (κ1) is 23.0. The van der Waals surface area contributed by atoms with Gasteiger partial charge in [0.1, 0.15) is 29.3 Å². The molecule has 0 aliphatic carbocycles. The number of ether oxygens (including phenoxy) is 1. The highest BCUT2D eigenvalue weighted by Crippen LogP contribution is 2.33. The molecule has 0 spiro atoms. The number of hydrogen-bond acceptors (Lipinski definition) is 8. The lowest BCUT2D eigenvalue weighted by atomic mass is 10.1. The molecule has 5 aromatic rings. The van der Waals surface area contributed by atoms with Crippen LogP contribution in [0.4, 0.5) is 20.2 Å². The third kappa shape index (κ3) is 4.27. The summed E-state index contributed by atoms with van der Waals surface area (Å²) in [5, 5.41) is 7.89. The maximum Gasteiger partial charge on any atom is 0.373 e. The Morgan fingerprint density at radius 3 is 2.78 bits per heavy atom. The van der Waals surface area contributed by atoms with Gasteiger partial charge in [-0.3, -0.25) is 9.48 Å². The number of benzene rings is 1. The number of aryl methyl sites for hydroxylation is 1. The molecule has 5 heterocycles. The summed E-state index contributed by atoms with van der Waals surface area (Å²) in [5.41, 5.74) is 3.29. The number of pyridine rings is 1. The van der Waals surface area contributed by atoms with E-state index in [0.717, 1.165) is 0 Å². The number of aromatic nitrogens is 7. The van der Waals surface area contributed by atoms with Crippen LogP contribution in [0.2, 0.25) is 0 Å². The van der Waals surface area contributed by atoms with Crippen LogP contribution in [-0.2, 0) is 11.8 Å². The van der Waals surface area contributed by atoms with Crippen LogP contribution < -0.4 is 15.8 Å². The fraction of sp³-hybridized carbons (Fsp3) is 0.292. The van der Waals surface area contributed by atoms with Gasteiger partial charge < -0.3 is 24.9 Å². The lowest BCUT2D eigenvalue weighted by Gasteiger charge is -2.33. The van der Waals surface area contributed by atoms with E-state index in [4.69, 9.17) is 0 Å². The van der Waals surface area contributed by atoms with Gasteiger partial charge in [0.25, 0.3) is 5.56 Å². The number of hydrogen-bond donors (Lipinski definition) is 3. The quantitative estimate of drug-likeness (QED) is 0.331. The number of morpholine rings is 1. The Labute approximate surface area is 208 Å². The van der Waals surface area contributed by atoms with Crippen molar-refractivity contribution in [2.75, 3.05) is 29.9 Å². The molecule has 0 amide bonds. The molecule has 6 rings (SSSR count). The van der Waals surface area contributed by atoms with Gasteiger partial charge in [-0.1, -0.05) is 0 Å². The summed E-state index contributed by atoms with van der Waals surface area (Å²) >= 11 is 0. The van der Waals surface area contributed by atoms with Gasteiger partial charge in [0.2, 0.25) is 0 Å². The first-order valence-corrected chi connectivity index (χ1v) is 11.7. The molecule has 1 atom stereocenters. The lowest BCUT2D eigenvalue weighted by molar-refractivity contribution is -0.240. The highest BCUT2D eigenvalue weighted by atomic mass is 19.3. The molecule has 11 nitrogen and oxygen atoms in total. The molecule has 37 heavy (non-hydrogen) atoms. The van der Waals surface area contributed by atoms with E-state index < -0.39 is 12.7 Å². The Hall–Kier alpha value is -4.39. The molecule has 1 fully saturated rings. The molecule has 4 aromatic heterocycles. The SMILES string of the molecule is C[C@H](Nc1c(-c2nc3ccc(N4CCOC(F)(F)C4)cc3[nH]2)c(=O)[nH]c2cn(C)nc12)c1ncccn1. The summed E-state index contributed by atoms with van der Waals surface area (Å²) in [4.78, 5) is 34.2. The molecule has 1 saturated heterocycles. The summed E-state index contributed by atoms with van der Waals surface area (Å²) in [5.74, 6) is 0.867. The van der Waals surface area contributed by atoms with Gasteiger partial charge in [-0.25, -0.2) is 15.0 Å². The van der Waals surface area contributed by atoms with Crippen LogP contribution >= 0.6 is 0 Å². The number of anilines is 2. The minimum atomic E-state index is -3.21. The second-order valence-electron chi connectivity index (χ2n) is 8.94. The van der Waals surface area contributed by atoms with Crippen molar-refractivity contribution in [1.29, 1.82) is 0 Å². The van der Waals surface area contributed by atoms with Crippen LogP contribution in [0.25, 0.3) is 33.5 Å². The van der Waals surface area contributed by atoms with Crippen molar-refractivity contribution in [2.24, 2.45) is 7.05 Å². The number of nitrogens with zero attached hydrogens (tertiary/aromatic N) is 6. The Morgan fingerprint density at radius 1 is 1.19 bits per heavy atom. The molecule has 13 heteroatoms. The summed E-state index contributed by atoms with van der Waals surface area (Å²) in [6.07, 6.45) is 1.81. The molecule has 1 aliphatic heterocycles. The number of nitrogens with one attached hydrogen (secondary N) is 3. The van der Waals surface area contributed by atoms with Crippen molar-refractivity contribution >= 4 is 33.4 Å². The minimum absolute atomic E-state index is 0.0723. The van der Waals surface area contributed by atoms with E-state index in [2.05, 4.69) is 40.1 Å². The second kappa shape index (κ2) is 8.62. The Bertz CT molecular complexity index is 1660. The Balaban J connectivity index is 1.45. The number of fused-ring (bicyclic) bond motifs is 2. The Kier molecular flexibility index (Phi) is 5.37. The molecule has 1 aromatic carbocycles. The minimum Gasteiger partial charge on any atom is -0.373 e. The van der Waals surface area contributed by atoms with Gasteiger partial charge in [0.15, 0.2) is 0 Å². The molecule has 0 saturated carbocycles. The molecular formula is C24H23F2N9O2. The van der Waals surface area contributed by atoms with Crippen LogP contribution in [-0.4, -0.2) is 60.5 Å². The fourth-order valence-corrected chi connectivity index (χ4v) is 4.55. The zero-order valence-electron chi connectivity index (χ0n) is 20.0. The fourth-order valence-electron chi connectivity index (χ4n) is 4.55. The van der Waals surface area contributed by atoms with Crippen LogP contribution in [0.15, 0.2) is 47.7 Å². The zero-order chi connectivity index (χ0) is 25.7. The standard InChI is InChI=1S/C24H23F2N9O2/c1-13(21-27-6-3-7-28-21)29-20-18(23(36)32-17-11-34(2)33-19(17)20)22-30-15-5-4-14(10-16(15)31-22)35-8-9-37-24(25,26)12-35/h3-7,10-11,13,29H,8-9,12H2,1-2H3,(H,30,31)(H,32,36)/t13-/m0/s1. The van der Waals surface area contributed by atoms with Crippen LogP contribution in [0.5, 0.6) is 0 Å². The smallest absolute Gasteiger partial charge is 0.373 e. The van der Waals surface area contributed by atoms with Crippen molar-refractivity contribution in [3.8, 4) is 11.4 Å². The maximum atomic E-state index is 13.8. The number of H-pyrrole nitrogens is 2. The summed E-state index contributed by atoms with van der Waals surface area (Å²) in [7, 11) is 1.77. The second-order valence-corrected chi connectivity index (χ2v) is 8.94. The predicted molar refractivity (Wildman–Crippen MR) is 134 cm³/mol. The number of imidazole rings is 1. The van der Waals surface area contributed by atoms with E-state index in [-0.39, 0.29) is 23.8 Å². The van der Waals surface area contributed by atoms with E-state index in [1.54, 1.807) is 59.5 Å². The maximum absolute atomic E-state index is 13.8. The van der Waals surface area contributed by atoms with Gasteiger partial charge in [-0.15, -0.1) is 0 Å². The molecule has 0 bridgehead atoms. The van der Waals surface area contributed by atoms with Crippen molar-refractivity contribution < 1.29 is 13.5 Å². The number of alkyl halides is 2. The van der Waals surface area contributed by atoms with E-state index >= 15 is 0 Å². The number of halogens is 2. The van der Waals surface area contributed by atoms with Gasteiger partial charge in [-0.2, -0.15) is 13.9 Å². The summed E-state index contributed by atoms with van der Waals surface area (Å²) in [6.45, 7) is 1.61. The first-order valence-electron chi connectivity index (χ1n) is 11.7. The largest absolute Gasteiger partial charge is 0.373 e. The summed E-state index contributed by atoms with van der Waals surface area (Å²) < 4.78 is 33.7. The average molecular weight is 508 g/mol. The van der Waals surface area contributed by atoms with E-state index in [9.17, 15) is 13.6 Å². The first-order chi connectivity index (χ1) is 17.8. The van der Waals surface area contributed by atoms with E-state index in [1.807, 2.05) is 6.92 Å². The van der Waals surface area contributed by atoms with Gasteiger partial charge >= 0.3 is 6.11 Å². The topological polar surface area (TPSA) is 130 Å². The average Bonchev–Trinajstić information content (AvgIpc) is 3.45. The molecule has 0 radical (unpaired) electrons. The molecule has 1 aliphatic rings. The van der Waals surface area contributed by atoms with Crippen LogP contribution in [0.1, 0.15) is 18.8 Å². The monoisotopic (exact) mass is 507 g/mol. The number of rotatable bonds is 5. The highest BCUT2D eigenvalue weighted by molar-refractivity contribution is 5.96. The van der Waals surface area contributed by atoms with Gasteiger partial charge in [-0.05, 0) is 31.2 Å². The number of aromatic amines is 2. The summed E-state index contributed by atoms with van der Waals surface area (Å²) in [6, 6.07) is 6.60. The van der Waals surface area contributed by atoms with Gasteiger partial charge in [0, 0.05) is 37.9 Å². The van der Waals surface area contributed by atoms with Crippen molar-refractivity contribution in [3.63, 3.8) is 0 Å². The van der Waals surface area contributed by atoms with Crippen LogP contribution in [0.3, 0.4) is 0 Å². The third-order valence-corrected chi connectivity index (χ3v) is 6.24. The van der Waals surface area contributed by atoms with Gasteiger partial charge in [0.05, 0.1) is 34.9 Å². The van der Waals surface area contributed by atoms with Crippen molar-refractivity contribution in [3.05, 3.63) is 59.0 Å². The molecule has 3 N–H and O–H groups in total. The van der Waals surface area contributed by atoms with E-state index in [0.29, 0.717) is 51.6 Å². The van der Waals surface area contributed by atoms with E-state index in [1.165, 1.54) is 0 Å². The molecular weight excluding hydrogens is 484 g/mol. The zero-order valence-corrected chi connectivity index (χ0v) is 20.0. The van der Waals surface area contributed by atoms with Crippen molar-refractivity contribution in [2.45, 2.75) is 19.1 Å². The van der Waals surface area contributed by atoms with Crippen molar-refractivity contribution in [1.82, 2.24) is 34.7 Å². The predicted octanol–water partition coefficient (Wildman–Crippen LogP) is 3.20. The lowest BCUT2D eigenvalue weighted by Crippen LogP contribution is -2.46. The highest BCUT2D eigenvalue weighted by Gasteiger charge is 2.37. The third-order valence-electron chi connectivity index (χ3n) is 6.24.